The Kier molecular flexibility index (Phi) is 4.62. The number of benzene rings is 2. The zero-order chi connectivity index (χ0) is 18.0. The lowest BCUT2D eigenvalue weighted by atomic mass is 9.65. The Hall–Kier alpha value is -2.42. The summed E-state index contributed by atoms with van der Waals surface area (Å²) >= 11 is 0. The molecular weight excluding hydrogens is 322 g/mol. The van der Waals surface area contributed by atoms with Crippen LogP contribution in [0.5, 0.6) is 11.5 Å². The number of rotatable bonds is 5. The average molecular weight is 349 g/mol. The number of hydrogen-bond donors (Lipinski definition) is 0. The summed E-state index contributed by atoms with van der Waals surface area (Å²) < 4.78 is 11.2. The van der Waals surface area contributed by atoms with Gasteiger partial charge < -0.3 is 14.4 Å². The normalized spacial score (nSPS) is 24.4. The minimum Gasteiger partial charge on any atom is -0.497 e. The van der Waals surface area contributed by atoms with Crippen LogP contribution in [-0.2, 0) is 12.0 Å². The monoisotopic (exact) mass is 349 g/mol. The van der Waals surface area contributed by atoms with Crippen LogP contribution in [0.25, 0.3) is 0 Å². The lowest BCUT2D eigenvalue weighted by Crippen LogP contribution is -2.45. The molecule has 0 radical (unpaired) electrons. The van der Waals surface area contributed by atoms with Crippen LogP contribution in [-0.4, -0.2) is 25.2 Å². The smallest absolute Gasteiger partial charge is 0.123 e. The quantitative estimate of drug-likeness (QED) is 0.765. The van der Waals surface area contributed by atoms with Gasteiger partial charge in [-0.1, -0.05) is 42.8 Å². The van der Waals surface area contributed by atoms with Gasteiger partial charge in [0.25, 0.3) is 0 Å². The molecule has 0 amide bonds. The molecule has 0 N–H and O–H groups in total. The van der Waals surface area contributed by atoms with Gasteiger partial charge in [-0.25, -0.2) is 0 Å². The molecule has 3 heteroatoms. The van der Waals surface area contributed by atoms with E-state index >= 15 is 0 Å². The average Bonchev–Trinajstić information content (AvgIpc) is 2.71. The maximum absolute atomic E-state index is 5.70. The third-order valence-corrected chi connectivity index (χ3v) is 5.97. The standard InChI is InChI=1S/C23H27NO2/c1-25-20-10-11-22(26-2)21(15-20)23-12-6-9-19(16-23)24(14-13-23)17-18-7-4-3-5-8-18/h3-5,7-8,10-11,13-15,19H,6,9,12,16-17H2,1-2H3/t19-,23+/m1/s1. The summed E-state index contributed by atoms with van der Waals surface area (Å²) in [6.45, 7) is 0.979. The van der Waals surface area contributed by atoms with Crippen LogP contribution in [0, 0.1) is 0 Å². The Morgan fingerprint density at radius 2 is 1.92 bits per heavy atom. The number of fused-ring (bicyclic) bond motifs is 2. The largest absolute Gasteiger partial charge is 0.497 e. The fourth-order valence-electron chi connectivity index (χ4n) is 4.59. The molecule has 26 heavy (non-hydrogen) atoms. The van der Waals surface area contributed by atoms with Crippen LogP contribution in [0.2, 0.25) is 0 Å². The molecule has 0 spiro atoms. The summed E-state index contributed by atoms with van der Waals surface area (Å²) in [7, 11) is 3.49. The third-order valence-electron chi connectivity index (χ3n) is 5.97. The maximum Gasteiger partial charge on any atom is 0.123 e. The van der Waals surface area contributed by atoms with Gasteiger partial charge in [-0.15, -0.1) is 0 Å². The fraction of sp³-hybridized carbons (Fsp3) is 0.391. The first-order valence-electron chi connectivity index (χ1n) is 9.46. The van der Waals surface area contributed by atoms with E-state index in [9.17, 15) is 0 Å². The number of allylic oxidation sites excluding steroid dienone is 1. The second-order valence-corrected chi connectivity index (χ2v) is 7.45. The van der Waals surface area contributed by atoms with Crippen LogP contribution in [0.15, 0.2) is 60.8 Å². The molecule has 1 heterocycles. The summed E-state index contributed by atoms with van der Waals surface area (Å²) in [6.07, 6.45) is 9.52. The van der Waals surface area contributed by atoms with Crippen molar-refractivity contribution in [3.63, 3.8) is 0 Å². The summed E-state index contributed by atoms with van der Waals surface area (Å²) in [5, 5.41) is 0. The van der Waals surface area contributed by atoms with E-state index in [4.69, 9.17) is 9.47 Å². The molecule has 136 valence electrons. The predicted molar refractivity (Wildman–Crippen MR) is 105 cm³/mol. The highest BCUT2D eigenvalue weighted by Gasteiger charge is 2.42. The van der Waals surface area contributed by atoms with E-state index in [1.54, 1.807) is 14.2 Å². The van der Waals surface area contributed by atoms with Crippen LogP contribution in [0.4, 0.5) is 0 Å². The first kappa shape index (κ1) is 17.0. The highest BCUT2D eigenvalue weighted by atomic mass is 16.5. The van der Waals surface area contributed by atoms with Gasteiger partial charge in [0.05, 0.1) is 14.2 Å². The molecule has 1 fully saturated rings. The number of methoxy groups -OCH3 is 2. The topological polar surface area (TPSA) is 21.7 Å². The third kappa shape index (κ3) is 3.07. The van der Waals surface area contributed by atoms with Crippen molar-refractivity contribution in [2.45, 2.75) is 43.7 Å². The molecule has 2 aromatic carbocycles. The van der Waals surface area contributed by atoms with Gasteiger partial charge in [-0.3, -0.25) is 0 Å². The van der Waals surface area contributed by atoms with Crippen molar-refractivity contribution in [2.75, 3.05) is 14.2 Å². The molecule has 1 saturated carbocycles. The lowest BCUT2D eigenvalue weighted by molar-refractivity contribution is 0.147. The summed E-state index contributed by atoms with van der Waals surface area (Å²) in [5.41, 5.74) is 2.68. The zero-order valence-electron chi connectivity index (χ0n) is 15.7. The molecule has 2 aromatic rings. The van der Waals surface area contributed by atoms with Crippen molar-refractivity contribution in [2.24, 2.45) is 0 Å². The van der Waals surface area contributed by atoms with Crippen molar-refractivity contribution in [1.82, 2.24) is 4.90 Å². The van der Waals surface area contributed by atoms with Gasteiger partial charge in [0, 0.05) is 23.6 Å². The van der Waals surface area contributed by atoms with Crippen molar-refractivity contribution < 1.29 is 9.47 Å². The maximum atomic E-state index is 5.70. The molecule has 4 rings (SSSR count). The van der Waals surface area contributed by atoms with E-state index in [2.05, 4.69) is 53.6 Å². The molecule has 0 saturated heterocycles. The predicted octanol–water partition coefficient (Wildman–Crippen LogP) is 4.91. The van der Waals surface area contributed by atoms with Crippen LogP contribution >= 0.6 is 0 Å². The van der Waals surface area contributed by atoms with Crippen LogP contribution < -0.4 is 9.47 Å². The molecular formula is C23H27NO2. The van der Waals surface area contributed by atoms with Gasteiger partial charge >= 0.3 is 0 Å². The number of ether oxygens (including phenoxy) is 2. The van der Waals surface area contributed by atoms with E-state index < -0.39 is 0 Å². The highest BCUT2D eigenvalue weighted by Crippen LogP contribution is 2.49. The summed E-state index contributed by atoms with van der Waals surface area (Å²) in [5.74, 6) is 1.87. The fourth-order valence-corrected chi connectivity index (χ4v) is 4.59. The molecule has 2 aliphatic rings. The Labute approximate surface area is 156 Å². The summed E-state index contributed by atoms with van der Waals surface area (Å²) in [6, 6.07) is 17.5. The van der Waals surface area contributed by atoms with E-state index in [0.29, 0.717) is 6.04 Å². The molecule has 0 unspecified atom stereocenters. The molecule has 0 aromatic heterocycles. The van der Waals surface area contributed by atoms with Crippen LogP contribution in [0.1, 0.15) is 36.8 Å². The van der Waals surface area contributed by atoms with Crippen LogP contribution in [0.3, 0.4) is 0 Å². The minimum atomic E-state index is 0.0516. The molecule has 1 aliphatic heterocycles. The second kappa shape index (κ2) is 7.06. The highest BCUT2D eigenvalue weighted by molar-refractivity contribution is 5.48. The first-order chi connectivity index (χ1) is 12.7. The lowest BCUT2D eigenvalue weighted by Gasteiger charge is -2.48. The Morgan fingerprint density at radius 1 is 1.08 bits per heavy atom. The zero-order valence-corrected chi connectivity index (χ0v) is 15.7. The molecule has 1 aliphatic carbocycles. The van der Waals surface area contributed by atoms with Gasteiger partial charge in [0.1, 0.15) is 11.5 Å². The Balaban J connectivity index is 1.67. The van der Waals surface area contributed by atoms with E-state index in [1.165, 1.54) is 30.4 Å². The minimum absolute atomic E-state index is 0.0516. The Bertz CT molecular complexity index is 786. The first-order valence-corrected chi connectivity index (χ1v) is 9.46. The van der Waals surface area contributed by atoms with Crippen molar-refractivity contribution >= 4 is 0 Å². The molecule has 2 atom stereocenters. The van der Waals surface area contributed by atoms with E-state index in [0.717, 1.165) is 24.5 Å². The molecule has 2 bridgehead atoms. The van der Waals surface area contributed by atoms with E-state index in [1.807, 2.05) is 12.1 Å². The van der Waals surface area contributed by atoms with Gasteiger partial charge in [0.15, 0.2) is 0 Å². The van der Waals surface area contributed by atoms with Crippen molar-refractivity contribution in [3.8, 4) is 11.5 Å². The number of nitrogens with zero attached hydrogens (tertiary/aromatic N) is 1. The SMILES string of the molecule is COc1ccc(OC)c([C@]23C=CN(Cc4ccccc4)[C@H](CCC2)C3)c1. The van der Waals surface area contributed by atoms with E-state index in [-0.39, 0.29) is 5.41 Å². The van der Waals surface area contributed by atoms with Gasteiger partial charge in [-0.05, 0) is 49.2 Å². The summed E-state index contributed by atoms with van der Waals surface area (Å²) in [4.78, 5) is 2.51. The van der Waals surface area contributed by atoms with Crippen molar-refractivity contribution in [1.29, 1.82) is 0 Å². The molecule has 3 nitrogen and oxygen atoms in total. The van der Waals surface area contributed by atoms with Crippen molar-refractivity contribution in [3.05, 3.63) is 71.9 Å². The van der Waals surface area contributed by atoms with Gasteiger partial charge in [-0.2, -0.15) is 0 Å². The Morgan fingerprint density at radius 3 is 2.69 bits per heavy atom. The number of hydrogen-bond acceptors (Lipinski definition) is 3. The second-order valence-electron chi connectivity index (χ2n) is 7.45. The van der Waals surface area contributed by atoms with Gasteiger partial charge in [0.2, 0.25) is 0 Å².